The van der Waals surface area contributed by atoms with Gasteiger partial charge in [-0.25, -0.2) is 4.68 Å². The van der Waals surface area contributed by atoms with Crippen molar-refractivity contribution in [1.82, 2.24) is 20.4 Å². The molecule has 1 aromatic heterocycles. The van der Waals surface area contributed by atoms with Crippen molar-refractivity contribution in [2.75, 3.05) is 33.1 Å². The van der Waals surface area contributed by atoms with Crippen LogP contribution in [0.15, 0.2) is 47.7 Å². The molecule has 0 radical (unpaired) electrons. The van der Waals surface area contributed by atoms with Gasteiger partial charge in [-0.1, -0.05) is 12.1 Å². The molecule has 0 aliphatic carbocycles. The fraction of sp³-hybridized carbons (Fsp3) is 0.500. The lowest BCUT2D eigenvalue weighted by Gasteiger charge is -2.36. The SMILES string of the molecule is CN=C(NCC1(SC)CCOCC1)NC(C)c1cccc(-n2cccn2)c1.I. The van der Waals surface area contributed by atoms with Crippen LogP contribution in [0.1, 0.15) is 31.4 Å². The Morgan fingerprint density at radius 2 is 2.14 bits per heavy atom. The number of ether oxygens (including phenoxy) is 1. The van der Waals surface area contributed by atoms with Crippen LogP contribution in [0.25, 0.3) is 5.69 Å². The number of guanidine groups is 1. The Hall–Kier alpha value is -1.26. The molecule has 1 fully saturated rings. The van der Waals surface area contributed by atoms with E-state index in [4.69, 9.17) is 4.74 Å². The van der Waals surface area contributed by atoms with Crippen LogP contribution in [-0.4, -0.2) is 53.5 Å². The van der Waals surface area contributed by atoms with Crippen molar-refractivity contribution in [3.05, 3.63) is 48.3 Å². The average Bonchev–Trinajstić information content (AvgIpc) is 3.26. The molecule has 3 rings (SSSR count). The fourth-order valence-corrected chi connectivity index (χ4v) is 4.07. The lowest BCUT2D eigenvalue weighted by atomic mass is 9.99. The molecule has 0 amide bonds. The van der Waals surface area contributed by atoms with Gasteiger partial charge < -0.3 is 15.4 Å². The Morgan fingerprint density at radius 3 is 2.79 bits per heavy atom. The fourth-order valence-electron chi connectivity index (χ4n) is 3.28. The van der Waals surface area contributed by atoms with Crippen molar-refractivity contribution in [3.8, 4) is 5.69 Å². The van der Waals surface area contributed by atoms with E-state index in [0.29, 0.717) is 0 Å². The molecular formula is C20H30IN5OS. The maximum absolute atomic E-state index is 5.53. The number of aliphatic imine (C=N–C) groups is 1. The van der Waals surface area contributed by atoms with E-state index < -0.39 is 0 Å². The molecule has 1 saturated heterocycles. The summed E-state index contributed by atoms with van der Waals surface area (Å²) in [5, 5.41) is 11.3. The number of thioether (sulfide) groups is 1. The largest absolute Gasteiger partial charge is 0.381 e. The first-order valence-corrected chi connectivity index (χ1v) is 10.6. The number of nitrogens with one attached hydrogen (secondary N) is 2. The highest BCUT2D eigenvalue weighted by Gasteiger charge is 2.31. The van der Waals surface area contributed by atoms with Gasteiger partial charge in [0.15, 0.2) is 5.96 Å². The van der Waals surface area contributed by atoms with Crippen LogP contribution in [0.3, 0.4) is 0 Å². The van der Waals surface area contributed by atoms with Crippen LogP contribution in [-0.2, 0) is 4.74 Å². The van der Waals surface area contributed by atoms with Crippen LogP contribution >= 0.6 is 35.7 Å². The maximum atomic E-state index is 5.53. The van der Waals surface area contributed by atoms with Gasteiger partial charge in [0.2, 0.25) is 0 Å². The van der Waals surface area contributed by atoms with Gasteiger partial charge in [-0.15, -0.1) is 24.0 Å². The number of halogens is 1. The lowest BCUT2D eigenvalue weighted by molar-refractivity contribution is 0.0782. The van der Waals surface area contributed by atoms with Crippen molar-refractivity contribution in [2.24, 2.45) is 4.99 Å². The summed E-state index contributed by atoms with van der Waals surface area (Å²) in [6.45, 7) is 4.71. The van der Waals surface area contributed by atoms with Crippen molar-refractivity contribution < 1.29 is 4.74 Å². The first-order chi connectivity index (χ1) is 13.2. The minimum atomic E-state index is 0. The first kappa shape index (κ1) is 23.0. The monoisotopic (exact) mass is 515 g/mol. The number of hydrogen-bond donors (Lipinski definition) is 2. The summed E-state index contributed by atoms with van der Waals surface area (Å²) >= 11 is 1.93. The van der Waals surface area contributed by atoms with E-state index in [-0.39, 0.29) is 34.8 Å². The zero-order chi connectivity index (χ0) is 19.1. The molecule has 1 atom stereocenters. The third kappa shape index (κ3) is 5.87. The molecule has 0 spiro atoms. The quantitative estimate of drug-likeness (QED) is 0.350. The first-order valence-electron chi connectivity index (χ1n) is 9.36. The highest BCUT2D eigenvalue weighted by atomic mass is 127. The van der Waals surface area contributed by atoms with Gasteiger partial charge in [0.25, 0.3) is 0 Å². The molecule has 6 nitrogen and oxygen atoms in total. The number of hydrogen-bond acceptors (Lipinski definition) is 4. The van der Waals surface area contributed by atoms with Gasteiger partial charge in [0.05, 0.1) is 11.7 Å². The summed E-state index contributed by atoms with van der Waals surface area (Å²) < 4.78 is 7.62. The topological polar surface area (TPSA) is 63.5 Å². The highest BCUT2D eigenvalue weighted by Crippen LogP contribution is 2.33. The highest BCUT2D eigenvalue weighted by molar-refractivity contribution is 14.0. The third-order valence-electron chi connectivity index (χ3n) is 5.13. The van der Waals surface area contributed by atoms with Gasteiger partial charge in [0, 0.05) is 43.9 Å². The predicted molar refractivity (Wildman–Crippen MR) is 128 cm³/mol. The minimum absolute atomic E-state index is 0. The number of aromatic nitrogens is 2. The van der Waals surface area contributed by atoms with Crippen LogP contribution < -0.4 is 10.6 Å². The molecule has 0 saturated carbocycles. The molecule has 1 aliphatic heterocycles. The van der Waals surface area contributed by atoms with Crippen molar-refractivity contribution in [1.29, 1.82) is 0 Å². The van der Waals surface area contributed by atoms with Gasteiger partial charge in [0.1, 0.15) is 0 Å². The Kier molecular flexibility index (Phi) is 9.10. The zero-order valence-corrected chi connectivity index (χ0v) is 19.9. The van der Waals surface area contributed by atoms with Crippen molar-refractivity contribution >= 4 is 41.7 Å². The van der Waals surface area contributed by atoms with Crippen LogP contribution in [0.5, 0.6) is 0 Å². The third-order valence-corrected chi connectivity index (χ3v) is 6.55. The molecule has 154 valence electrons. The summed E-state index contributed by atoms with van der Waals surface area (Å²) in [5.41, 5.74) is 2.24. The second kappa shape index (κ2) is 11.1. The Bertz CT molecular complexity index is 747. The van der Waals surface area contributed by atoms with E-state index >= 15 is 0 Å². The molecule has 28 heavy (non-hydrogen) atoms. The summed E-state index contributed by atoms with van der Waals surface area (Å²) in [4.78, 5) is 4.41. The van der Waals surface area contributed by atoms with Gasteiger partial charge in [-0.2, -0.15) is 16.9 Å². The zero-order valence-electron chi connectivity index (χ0n) is 16.7. The van der Waals surface area contributed by atoms with Crippen molar-refractivity contribution in [3.63, 3.8) is 0 Å². The molecule has 1 aliphatic rings. The molecule has 0 bridgehead atoms. The lowest BCUT2D eigenvalue weighted by Crippen LogP contribution is -2.48. The van der Waals surface area contributed by atoms with Crippen molar-refractivity contribution in [2.45, 2.75) is 30.6 Å². The predicted octanol–water partition coefficient (Wildman–Crippen LogP) is 3.63. The second-order valence-electron chi connectivity index (χ2n) is 6.84. The summed E-state index contributed by atoms with van der Waals surface area (Å²) in [6, 6.07) is 10.5. The van der Waals surface area contributed by atoms with Crippen LogP contribution in [0.2, 0.25) is 0 Å². The molecule has 1 unspecified atom stereocenters. The van der Waals surface area contributed by atoms with Gasteiger partial charge in [-0.3, -0.25) is 4.99 Å². The minimum Gasteiger partial charge on any atom is -0.381 e. The molecule has 2 aromatic rings. The van der Waals surface area contributed by atoms with E-state index in [1.165, 1.54) is 5.56 Å². The number of benzene rings is 1. The Balaban J connectivity index is 0.00000280. The molecule has 2 N–H and O–H groups in total. The maximum Gasteiger partial charge on any atom is 0.191 e. The number of nitrogens with zero attached hydrogens (tertiary/aromatic N) is 3. The van der Waals surface area contributed by atoms with Crippen LogP contribution in [0, 0.1) is 0 Å². The second-order valence-corrected chi connectivity index (χ2v) is 8.11. The van der Waals surface area contributed by atoms with E-state index in [9.17, 15) is 0 Å². The van der Waals surface area contributed by atoms with Crippen LogP contribution in [0.4, 0.5) is 0 Å². The number of rotatable bonds is 6. The average molecular weight is 515 g/mol. The summed E-state index contributed by atoms with van der Waals surface area (Å²) in [5.74, 6) is 0.826. The molecular weight excluding hydrogens is 485 g/mol. The molecule has 2 heterocycles. The van der Waals surface area contributed by atoms with Gasteiger partial charge in [-0.05, 0) is 49.8 Å². The normalized spacial score (nSPS) is 17.5. The van der Waals surface area contributed by atoms with E-state index in [1.54, 1.807) is 6.20 Å². The molecule has 1 aromatic carbocycles. The smallest absolute Gasteiger partial charge is 0.191 e. The summed E-state index contributed by atoms with van der Waals surface area (Å²) in [6.07, 6.45) is 8.07. The Morgan fingerprint density at radius 1 is 1.36 bits per heavy atom. The van der Waals surface area contributed by atoms with Gasteiger partial charge >= 0.3 is 0 Å². The molecule has 8 heteroatoms. The van der Waals surface area contributed by atoms with E-state index in [1.807, 2.05) is 35.8 Å². The standard InChI is InChI=1S/C20H29N5OS.HI/c1-16(17-6-4-7-18(14-17)25-11-5-10-23-25)24-19(21-2)22-15-20(27-3)8-12-26-13-9-20;/h4-7,10-11,14,16H,8-9,12-13,15H2,1-3H3,(H2,21,22,24);1H. The van der Waals surface area contributed by atoms with E-state index in [0.717, 1.165) is 44.2 Å². The summed E-state index contributed by atoms with van der Waals surface area (Å²) in [7, 11) is 1.82. The van der Waals surface area contributed by atoms with E-state index in [2.05, 4.69) is 58.2 Å². The Labute approximate surface area is 188 Å².